The molecular formula is C24H22Cl2N3+. The summed E-state index contributed by atoms with van der Waals surface area (Å²) in [6.45, 7) is 3.91. The predicted octanol–water partition coefficient (Wildman–Crippen LogP) is 4.30. The summed E-state index contributed by atoms with van der Waals surface area (Å²) in [5.41, 5.74) is 6.44. The van der Waals surface area contributed by atoms with E-state index in [1.165, 1.54) is 22.3 Å². The molecule has 0 spiro atoms. The highest BCUT2D eigenvalue weighted by Crippen LogP contribution is 2.41. The Balaban J connectivity index is 1.33. The van der Waals surface area contributed by atoms with Gasteiger partial charge in [-0.2, -0.15) is 5.10 Å². The fraction of sp³-hybridized carbons (Fsp3) is 0.208. The third-order valence-corrected chi connectivity index (χ3v) is 6.63. The van der Waals surface area contributed by atoms with E-state index in [1.54, 1.807) is 11.1 Å². The van der Waals surface area contributed by atoms with Crippen molar-refractivity contribution in [3.8, 4) is 11.1 Å². The van der Waals surface area contributed by atoms with Gasteiger partial charge in [0, 0.05) is 16.7 Å². The lowest BCUT2D eigenvalue weighted by atomic mass is 10.0. The van der Waals surface area contributed by atoms with Gasteiger partial charge in [0.05, 0.1) is 42.4 Å². The fourth-order valence-electron chi connectivity index (χ4n) is 4.56. The van der Waals surface area contributed by atoms with Crippen LogP contribution in [0.2, 0.25) is 10.0 Å². The average Bonchev–Trinajstić information content (AvgIpc) is 3.08. The van der Waals surface area contributed by atoms with Crippen molar-refractivity contribution in [1.29, 1.82) is 0 Å². The highest BCUT2D eigenvalue weighted by atomic mass is 35.5. The number of nitrogens with one attached hydrogen (secondary N) is 1. The van der Waals surface area contributed by atoms with Crippen LogP contribution in [-0.2, 0) is 0 Å². The molecule has 0 atom stereocenters. The molecule has 1 aliphatic heterocycles. The molecule has 0 bridgehead atoms. The first-order valence-electron chi connectivity index (χ1n) is 9.98. The fourth-order valence-corrected chi connectivity index (χ4v) is 5.05. The molecule has 0 radical (unpaired) electrons. The molecule has 1 saturated heterocycles. The Labute approximate surface area is 181 Å². The zero-order valence-electron chi connectivity index (χ0n) is 16.0. The van der Waals surface area contributed by atoms with Crippen molar-refractivity contribution < 1.29 is 4.90 Å². The molecule has 1 heterocycles. The van der Waals surface area contributed by atoms with Crippen LogP contribution in [0.1, 0.15) is 22.7 Å². The molecule has 2 aliphatic rings. The number of hydrogen-bond donors (Lipinski definition) is 1. The molecule has 0 unspecified atom stereocenters. The van der Waals surface area contributed by atoms with Gasteiger partial charge < -0.3 is 4.90 Å². The van der Waals surface area contributed by atoms with Gasteiger partial charge in [0.25, 0.3) is 0 Å². The first-order valence-corrected chi connectivity index (χ1v) is 10.7. The van der Waals surface area contributed by atoms with Crippen molar-refractivity contribution in [2.45, 2.75) is 6.04 Å². The highest BCUT2D eigenvalue weighted by molar-refractivity contribution is 6.38. The van der Waals surface area contributed by atoms with Crippen LogP contribution in [0.4, 0.5) is 0 Å². The summed E-state index contributed by atoms with van der Waals surface area (Å²) >= 11 is 12.5. The lowest BCUT2D eigenvalue weighted by molar-refractivity contribution is -0.929. The van der Waals surface area contributed by atoms with Crippen LogP contribution < -0.4 is 4.90 Å². The summed E-state index contributed by atoms with van der Waals surface area (Å²) in [4.78, 5) is 1.60. The van der Waals surface area contributed by atoms with Gasteiger partial charge in [-0.05, 0) is 23.3 Å². The van der Waals surface area contributed by atoms with Crippen molar-refractivity contribution in [3.05, 3.63) is 93.5 Å². The smallest absolute Gasteiger partial charge is 0.140 e. The van der Waals surface area contributed by atoms with Crippen molar-refractivity contribution >= 4 is 29.4 Å². The predicted molar refractivity (Wildman–Crippen MR) is 120 cm³/mol. The molecule has 146 valence electrons. The third kappa shape index (κ3) is 3.44. The minimum absolute atomic E-state index is 0.409. The van der Waals surface area contributed by atoms with E-state index in [4.69, 9.17) is 23.2 Å². The van der Waals surface area contributed by atoms with E-state index in [1.807, 2.05) is 18.2 Å². The first kappa shape index (κ1) is 18.7. The Bertz CT molecular complexity index is 1010. The Hall–Kier alpha value is -2.33. The van der Waals surface area contributed by atoms with Crippen LogP contribution in [0.3, 0.4) is 0 Å². The van der Waals surface area contributed by atoms with E-state index in [-0.39, 0.29) is 0 Å². The maximum Gasteiger partial charge on any atom is 0.140 e. The minimum atomic E-state index is 0.409. The molecule has 0 aromatic heterocycles. The average molecular weight is 423 g/mol. The summed E-state index contributed by atoms with van der Waals surface area (Å²) in [5, 5.41) is 8.03. The van der Waals surface area contributed by atoms with Gasteiger partial charge >= 0.3 is 0 Å². The number of hydrogen-bond acceptors (Lipinski definition) is 2. The summed E-state index contributed by atoms with van der Waals surface area (Å²) in [7, 11) is 0. The Morgan fingerprint density at radius 2 is 1.34 bits per heavy atom. The van der Waals surface area contributed by atoms with Crippen molar-refractivity contribution in [3.63, 3.8) is 0 Å². The highest BCUT2D eigenvalue weighted by Gasteiger charge is 2.37. The lowest BCUT2D eigenvalue weighted by Gasteiger charge is -2.34. The van der Waals surface area contributed by atoms with Crippen molar-refractivity contribution in [2.75, 3.05) is 26.2 Å². The second kappa shape index (κ2) is 7.83. The molecule has 0 saturated carbocycles. The monoisotopic (exact) mass is 422 g/mol. The molecule has 1 aliphatic carbocycles. The van der Waals surface area contributed by atoms with Gasteiger partial charge in [0.1, 0.15) is 6.04 Å². The standard InChI is InChI=1S/C24H21Cl2N3/c25-22-10-5-11-23(26)21(22)16-27-29-14-12-28(13-15-29)24-19-8-3-1-6-17(19)18-7-2-4-9-20(18)24/h1-11,16,24H,12-15H2/p+1/b27-16+. The number of halogens is 2. The van der Waals surface area contributed by atoms with Crippen LogP contribution in [0.15, 0.2) is 71.8 Å². The number of rotatable bonds is 3. The molecule has 5 rings (SSSR count). The van der Waals surface area contributed by atoms with Crippen LogP contribution in [-0.4, -0.2) is 37.4 Å². The Morgan fingerprint density at radius 3 is 1.93 bits per heavy atom. The second-order valence-corrected chi connectivity index (χ2v) is 8.41. The normalized spacial score (nSPS) is 17.0. The molecular weight excluding hydrogens is 401 g/mol. The SMILES string of the molecule is Clc1cccc(Cl)c1/C=N/N1CC[NH+](C2c3ccccc3-c3ccccc32)CC1. The van der Waals surface area contributed by atoms with Gasteiger partial charge in [-0.1, -0.05) is 77.8 Å². The molecule has 3 aromatic carbocycles. The Morgan fingerprint density at radius 1 is 0.793 bits per heavy atom. The zero-order valence-corrected chi connectivity index (χ0v) is 17.5. The minimum Gasteiger partial charge on any atom is -0.322 e. The van der Waals surface area contributed by atoms with Crippen molar-refractivity contribution in [1.82, 2.24) is 5.01 Å². The maximum absolute atomic E-state index is 6.25. The molecule has 1 fully saturated rings. The molecule has 0 amide bonds. The number of hydrazone groups is 1. The van der Waals surface area contributed by atoms with E-state index in [0.717, 1.165) is 31.7 Å². The van der Waals surface area contributed by atoms with Crippen LogP contribution in [0.5, 0.6) is 0 Å². The van der Waals surface area contributed by atoms with Gasteiger partial charge in [0.15, 0.2) is 0 Å². The summed E-state index contributed by atoms with van der Waals surface area (Å²) < 4.78 is 0. The van der Waals surface area contributed by atoms with Gasteiger partial charge in [0.2, 0.25) is 0 Å². The number of nitrogens with zero attached hydrogens (tertiary/aromatic N) is 2. The number of piperazine rings is 1. The number of fused-ring (bicyclic) bond motifs is 3. The second-order valence-electron chi connectivity index (χ2n) is 7.60. The van der Waals surface area contributed by atoms with Crippen LogP contribution >= 0.6 is 23.2 Å². The van der Waals surface area contributed by atoms with E-state index in [9.17, 15) is 0 Å². The van der Waals surface area contributed by atoms with Gasteiger partial charge in [-0.3, -0.25) is 5.01 Å². The van der Waals surface area contributed by atoms with Crippen LogP contribution in [0.25, 0.3) is 11.1 Å². The number of benzene rings is 3. The maximum atomic E-state index is 6.25. The van der Waals surface area contributed by atoms with Crippen molar-refractivity contribution in [2.24, 2.45) is 5.10 Å². The zero-order chi connectivity index (χ0) is 19.8. The quantitative estimate of drug-likeness (QED) is 0.623. The van der Waals surface area contributed by atoms with E-state index >= 15 is 0 Å². The summed E-state index contributed by atoms with van der Waals surface area (Å²) in [5.74, 6) is 0. The van der Waals surface area contributed by atoms with E-state index in [0.29, 0.717) is 16.1 Å². The first-order chi connectivity index (χ1) is 14.2. The summed E-state index contributed by atoms with van der Waals surface area (Å²) in [6, 6.07) is 23.6. The van der Waals surface area contributed by atoms with Crippen LogP contribution in [0, 0.1) is 0 Å². The molecule has 5 heteroatoms. The lowest BCUT2D eigenvalue weighted by Crippen LogP contribution is -3.14. The van der Waals surface area contributed by atoms with Gasteiger partial charge in [-0.15, -0.1) is 0 Å². The molecule has 3 nitrogen and oxygen atoms in total. The molecule has 3 aromatic rings. The number of quaternary nitrogens is 1. The van der Waals surface area contributed by atoms with E-state index < -0.39 is 0 Å². The third-order valence-electron chi connectivity index (χ3n) is 5.97. The Kier molecular flexibility index (Phi) is 5.04. The van der Waals surface area contributed by atoms with Gasteiger partial charge in [-0.25, -0.2) is 0 Å². The molecule has 29 heavy (non-hydrogen) atoms. The largest absolute Gasteiger partial charge is 0.322 e. The topological polar surface area (TPSA) is 20.0 Å². The summed E-state index contributed by atoms with van der Waals surface area (Å²) in [6.07, 6.45) is 1.79. The molecule has 1 N–H and O–H groups in total. The van der Waals surface area contributed by atoms with E-state index in [2.05, 4.69) is 58.6 Å².